The van der Waals surface area contributed by atoms with Gasteiger partial charge in [0.25, 0.3) is 0 Å². The largest absolute Gasteiger partial charge is 0.491 e. The van der Waals surface area contributed by atoms with Crippen molar-refractivity contribution in [2.45, 2.75) is 59.2 Å². The zero-order valence-electron chi connectivity index (χ0n) is 13.7. The Bertz CT molecular complexity index is 458. The molecule has 0 aliphatic rings. The highest BCUT2D eigenvalue weighted by atomic mass is 16.5. The lowest BCUT2D eigenvalue weighted by Crippen LogP contribution is -2.42. The summed E-state index contributed by atoms with van der Waals surface area (Å²) in [7, 11) is 0. The van der Waals surface area contributed by atoms with Crippen LogP contribution in [0, 0.1) is 5.92 Å². The van der Waals surface area contributed by atoms with Gasteiger partial charge in [0.2, 0.25) is 5.91 Å². The van der Waals surface area contributed by atoms with E-state index in [0.29, 0.717) is 12.3 Å². The number of ether oxygens (including phenoxy) is 1. The number of carbonyl (C=O) groups is 1. The van der Waals surface area contributed by atoms with Crippen LogP contribution >= 0.6 is 0 Å². The molecular weight excluding hydrogens is 264 g/mol. The molecule has 4 heteroatoms. The van der Waals surface area contributed by atoms with Crippen molar-refractivity contribution >= 4 is 5.91 Å². The minimum absolute atomic E-state index is 0.0947. The molecule has 0 aliphatic heterocycles. The van der Waals surface area contributed by atoms with E-state index in [2.05, 4.69) is 19.2 Å². The standard InChI is InChI=1S/C17H28N2O2/c1-11(2)10-15(18)17(20)19-13(5)14-8-6-7-9-16(14)21-12(3)4/h6-9,11-13,15H,10,18H2,1-5H3,(H,19,20)/t13?,15-/m1/s1. The molecule has 1 rings (SSSR count). The Labute approximate surface area is 128 Å². The van der Waals surface area contributed by atoms with Gasteiger partial charge in [-0.1, -0.05) is 32.0 Å². The van der Waals surface area contributed by atoms with Crippen molar-refractivity contribution in [2.24, 2.45) is 11.7 Å². The molecule has 0 heterocycles. The molecule has 21 heavy (non-hydrogen) atoms. The van der Waals surface area contributed by atoms with Gasteiger partial charge in [0.15, 0.2) is 0 Å². The van der Waals surface area contributed by atoms with Crippen molar-refractivity contribution in [1.82, 2.24) is 5.32 Å². The number of hydrogen-bond donors (Lipinski definition) is 2. The zero-order valence-corrected chi connectivity index (χ0v) is 13.7. The van der Waals surface area contributed by atoms with Crippen LogP contribution in [-0.4, -0.2) is 18.1 Å². The van der Waals surface area contributed by atoms with Gasteiger partial charge in [0.1, 0.15) is 5.75 Å². The predicted molar refractivity (Wildman–Crippen MR) is 86.2 cm³/mol. The van der Waals surface area contributed by atoms with Crippen LogP contribution in [0.4, 0.5) is 0 Å². The minimum atomic E-state index is -0.467. The summed E-state index contributed by atoms with van der Waals surface area (Å²) >= 11 is 0. The van der Waals surface area contributed by atoms with Crippen molar-refractivity contribution in [3.8, 4) is 5.75 Å². The highest BCUT2D eigenvalue weighted by Crippen LogP contribution is 2.25. The van der Waals surface area contributed by atoms with Crippen molar-refractivity contribution in [2.75, 3.05) is 0 Å². The Balaban J connectivity index is 2.75. The minimum Gasteiger partial charge on any atom is -0.491 e. The molecule has 0 fully saturated rings. The van der Waals surface area contributed by atoms with Crippen LogP contribution in [0.2, 0.25) is 0 Å². The van der Waals surface area contributed by atoms with Gasteiger partial charge in [0, 0.05) is 5.56 Å². The van der Waals surface area contributed by atoms with Crippen LogP contribution in [0.1, 0.15) is 52.6 Å². The van der Waals surface area contributed by atoms with E-state index in [9.17, 15) is 4.79 Å². The average Bonchev–Trinajstić information content (AvgIpc) is 2.37. The lowest BCUT2D eigenvalue weighted by atomic mass is 10.0. The molecule has 1 amide bonds. The zero-order chi connectivity index (χ0) is 16.0. The molecule has 3 N–H and O–H groups in total. The molecule has 0 bridgehead atoms. The first-order chi connectivity index (χ1) is 9.81. The predicted octanol–water partition coefficient (Wildman–Crippen LogP) is 3.02. The fourth-order valence-electron chi connectivity index (χ4n) is 2.21. The van der Waals surface area contributed by atoms with Gasteiger partial charge < -0.3 is 15.8 Å². The van der Waals surface area contributed by atoms with E-state index in [1.807, 2.05) is 45.0 Å². The Hall–Kier alpha value is -1.55. The number of benzene rings is 1. The van der Waals surface area contributed by atoms with Gasteiger partial charge in [-0.2, -0.15) is 0 Å². The number of hydrogen-bond acceptors (Lipinski definition) is 3. The molecule has 1 unspecified atom stereocenters. The van der Waals surface area contributed by atoms with Crippen molar-refractivity contribution in [3.05, 3.63) is 29.8 Å². The van der Waals surface area contributed by atoms with Crippen molar-refractivity contribution in [3.63, 3.8) is 0 Å². The van der Waals surface area contributed by atoms with Gasteiger partial charge >= 0.3 is 0 Å². The van der Waals surface area contributed by atoms with E-state index in [0.717, 1.165) is 11.3 Å². The van der Waals surface area contributed by atoms with Crippen molar-refractivity contribution < 1.29 is 9.53 Å². The van der Waals surface area contributed by atoms with Crippen LogP contribution in [0.25, 0.3) is 0 Å². The van der Waals surface area contributed by atoms with Crippen LogP contribution in [0.3, 0.4) is 0 Å². The summed E-state index contributed by atoms with van der Waals surface area (Å²) in [6, 6.07) is 7.17. The van der Waals surface area contributed by atoms with Crippen LogP contribution in [0.15, 0.2) is 24.3 Å². The first-order valence-corrected chi connectivity index (χ1v) is 7.62. The second kappa shape index (κ2) is 8.03. The van der Waals surface area contributed by atoms with Gasteiger partial charge in [-0.25, -0.2) is 0 Å². The smallest absolute Gasteiger partial charge is 0.237 e. The molecule has 0 aromatic heterocycles. The molecule has 2 atom stereocenters. The van der Waals surface area contributed by atoms with E-state index in [1.54, 1.807) is 0 Å². The van der Waals surface area contributed by atoms with Gasteiger partial charge in [-0.3, -0.25) is 4.79 Å². The molecule has 4 nitrogen and oxygen atoms in total. The second-order valence-electron chi connectivity index (χ2n) is 6.17. The highest BCUT2D eigenvalue weighted by Gasteiger charge is 2.19. The third-order valence-electron chi connectivity index (χ3n) is 3.17. The molecule has 0 saturated carbocycles. The molecule has 1 aromatic rings. The number of nitrogens with one attached hydrogen (secondary N) is 1. The fourth-order valence-corrected chi connectivity index (χ4v) is 2.21. The van der Waals surface area contributed by atoms with E-state index in [4.69, 9.17) is 10.5 Å². The van der Waals surface area contributed by atoms with Crippen molar-refractivity contribution in [1.29, 1.82) is 0 Å². The summed E-state index contributed by atoms with van der Waals surface area (Å²) in [4.78, 5) is 12.1. The van der Waals surface area contributed by atoms with E-state index in [1.165, 1.54) is 0 Å². The fraction of sp³-hybridized carbons (Fsp3) is 0.588. The number of rotatable bonds is 7. The highest BCUT2D eigenvalue weighted by molar-refractivity contribution is 5.81. The Morgan fingerprint density at radius 1 is 1.19 bits per heavy atom. The van der Waals surface area contributed by atoms with E-state index >= 15 is 0 Å². The maximum atomic E-state index is 12.1. The third kappa shape index (κ3) is 5.76. The Morgan fingerprint density at radius 2 is 1.81 bits per heavy atom. The van der Waals surface area contributed by atoms with Gasteiger partial charge in [0.05, 0.1) is 18.2 Å². The molecule has 118 valence electrons. The number of amides is 1. The quantitative estimate of drug-likeness (QED) is 0.812. The maximum Gasteiger partial charge on any atom is 0.237 e. The lowest BCUT2D eigenvalue weighted by Gasteiger charge is -2.22. The number of para-hydroxylation sites is 1. The summed E-state index contributed by atoms with van der Waals surface area (Å²) in [5.74, 6) is 1.09. The molecule has 0 aliphatic carbocycles. The summed E-state index contributed by atoms with van der Waals surface area (Å²) < 4.78 is 5.79. The first-order valence-electron chi connectivity index (χ1n) is 7.62. The topological polar surface area (TPSA) is 64.4 Å². The number of nitrogens with two attached hydrogens (primary N) is 1. The summed E-state index contributed by atoms with van der Waals surface area (Å²) in [5.41, 5.74) is 6.89. The van der Waals surface area contributed by atoms with Crippen LogP contribution in [0.5, 0.6) is 5.75 Å². The molecular formula is C17H28N2O2. The first kappa shape index (κ1) is 17.5. The van der Waals surface area contributed by atoms with E-state index < -0.39 is 6.04 Å². The molecule has 0 spiro atoms. The normalized spacial score (nSPS) is 14.1. The number of carbonyl (C=O) groups excluding carboxylic acids is 1. The average molecular weight is 292 g/mol. The summed E-state index contributed by atoms with van der Waals surface area (Å²) in [6.07, 6.45) is 0.778. The van der Waals surface area contributed by atoms with Crippen LogP contribution in [-0.2, 0) is 4.79 Å². The van der Waals surface area contributed by atoms with E-state index in [-0.39, 0.29) is 18.1 Å². The SMILES string of the molecule is CC(C)C[C@@H](N)C(=O)NC(C)c1ccccc1OC(C)C. The molecule has 0 saturated heterocycles. The third-order valence-corrected chi connectivity index (χ3v) is 3.17. The molecule has 0 radical (unpaired) electrons. The summed E-state index contributed by atoms with van der Waals surface area (Å²) in [6.45, 7) is 10.0. The Kier molecular flexibility index (Phi) is 6.69. The monoisotopic (exact) mass is 292 g/mol. The maximum absolute atomic E-state index is 12.1. The Morgan fingerprint density at radius 3 is 2.38 bits per heavy atom. The lowest BCUT2D eigenvalue weighted by molar-refractivity contribution is -0.123. The van der Waals surface area contributed by atoms with Crippen LogP contribution < -0.4 is 15.8 Å². The van der Waals surface area contributed by atoms with Gasteiger partial charge in [-0.15, -0.1) is 0 Å². The summed E-state index contributed by atoms with van der Waals surface area (Å²) in [5, 5.41) is 2.97. The molecule has 1 aromatic carbocycles. The van der Waals surface area contributed by atoms with Gasteiger partial charge in [-0.05, 0) is 39.2 Å². The second-order valence-corrected chi connectivity index (χ2v) is 6.17.